The summed E-state index contributed by atoms with van der Waals surface area (Å²) in [6.07, 6.45) is 0. The van der Waals surface area contributed by atoms with Crippen LogP contribution in [0.15, 0.2) is 66.7 Å². The van der Waals surface area contributed by atoms with E-state index in [9.17, 15) is 0 Å². The van der Waals surface area contributed by atoms with Crippen molar-refractivity contribution in [1.82, 2.24) is 0 Å². The van der Waals surface area contributed by atoms with Gasteiger partial charge in [0.05, 0.1) is 0 Å². The van der Waals surface area contributed by atoms with E-state index in [1.807, 2.05) is 18.2 Å². The van der Waals surface area contributed by atoms with Gasteiger partial charge in [-0.25, -0.2) is 0 Å². The lowest BCUT2D eigenvalue weighted by Crippen LogP contribution is -1.98. The molecule has 2 heteroatoms. The average Bonchev–Trinajstić information content (AvgIpc) is 2.53. The van der Waals surface area contributed by atoms with Gasteiger partial charge in [0.1, 0.15) is 12.4 Å². The highest BCUT2D eigenvalue weighted by atomic mass is 79.9. The number of hydrogen-bond donors (Lipinski definition) is 0. The van der Waals surface area contributed by atoms with Gasteiger partial charge >= 0.3 is 0 Å². The minimum absolute atomic E-state index is 0.596. The summed E-state index contributed by atoms with van der Waals surface area (Å²) in [5, 5.41) is 3.28. The molecule has 0 radical (unpaired) electrons. The van der Waals surface area contributed by atoms with E-state index in [0.29, 0.717) is 6.61 Å². The molecule has 0 unspecified atom stereocenters. The first-order valence-electron chi connectivity index (χ1n) is 6.62. The summed E-state index contributed by atoms with van der Waals surface area (Å²) in [7, 11) is 0. The second kappa shape index (κ2) is 6.10. The Morgan fingerprint density at radius 1 is 0.800 bits per heavy atom. The quantitative estimate of drug-likeness (QED) is 0.590. The second-order valence-corrected chi connectivity index (χ2v) is 5.23. The Bertz CT molecular complexity index is 707. The predicted octanol–water partition coefficient (Wildman–Crippen LogP) is 5.31. The molecule has 100 valence electrons. The fourth-order valence-electron chi connectivity index (χ4n) is 2.32. The van der Waals surface area contributed by atoms with Crippen LogP contribution in [0.25, 0.3) is 10.8 Å². The van der Waals surface area contributed by atoms with E-state index in [0.717, 1.165) is 11.1 Å². The van der Waals surface area contributed by atoms with Crippen molar-refractivity contribution in [2.24, 2.45) is 0 Å². The summed E-state index contributed by atoms with van der Waals surface area (Å²) in [5.41, 5.74) is 2.39. The molecule has 0 saturated heterocycles. The first kappa shape index (κ1) is 13.2. The van der Waals surface area contributed by atoms with E-state index in [1.165, 1.54) is 21.9 Å². The average molecular weight is 327 g/mol. The first-order valence-corrected chi connectivity index (χ1v) is 7.74. The smallest absolute Gasteiger partial charge is 0.124 e. The van der Waals surface area contributed by atoms with Crippen molar-refractivity contribution in [3.05, 3.63) is 77.9 Å². The lowest BCUT2D eigenvalue weighted by atomic mass is 10.0. The topological polar surface area (TPSA) is 9.23 Å². The minimum Gasteiger partial charge on any atom is -0.489 e. The fraction of sp³-hybridized carbons (Fsp3) is 0.111. The molecule has 0 aromatic heterocycles. The molecule has 0 amide bonds. The molecule has 20 heavy (non-hydrogen) atoms. The van der Waals surface area contributed by atoms with E-state index < -0.39 is 0 Å². The van der Waals surface area contributed by atoms with Gasteiger partial charge in [-0.1, -0.05) is 76.6 Å². The van der Waals surface area contributed by atoms with Crippen LogP contribution in [0.3, 0.4) is 0 Å². The van der Waals surface area contributed by atoms with Gasteiger partial charge in [0.2, 0.25) is 0 Å². The number of alkyl halides is 1. The number of fused-ring (bicyclic) bond motifs is 1. The summed E-state index contributed by atoms with van der Waals surface area (Å²) in [4.78, 5) is 0. The maximum Gasteiger partial charge on any atom is 0.124 e. The first-order chi connectivity index (χ1) is 9.88. The summed E-state index contributed by atoms with van der Waals surface area (Å²) in [6.45, 7) is 0.596. The molecule has 0 aliphatic rings. The molecule has 0 heterocycles. The van der Waals surface area contributed by atoms with Crippen LogP contribution in [0.1, 0.15) is 11.1 Å². The van der Waals surface area contributed by atoms with Gasteiger partial charge in [0.15, 0.2) is 0 Å². The Balaban J connectivity index is 1.91. The van der Waals surface area contributed by atoms with Gasteiger partial charge < -0.3 is 4.74 Å². The van der Waals surface area contributed by atoms with Crippen molar-refractivity contribution in [1.29, 1.82) is 0 Å². The van der Waals surface area contributed by atoms with Crippen molar-refractivity contribution in [3.8, 4) is 5.75 Å². The lowest BCUT2D eigenvalue weighted by Gasteiger charge is -2.12. The van der Waals surface area contributed by atoms with E-state index in [4.69, 9.17) is 4.74 Å². The molecule has 3 aromatic rings. The molecular formula is C18H15BrO. The highest BCUT2D eigenvalue weighted by Gasteiger charge is 2.07. The number of hydrogen-bond acceptors (Lipinski definition) is 1. The molecule has 0 aliphatic carbocycles. The van der Waals surface area contributed by atoms with Gasteiger partial charge in [-0.15, -0.1) is 0 Å². The van der Waals surface area contributed by atoms with Crippen molar-refractivity contribution in [2.45, 2.75) is 11.9 Å². The van der Waals surface area contributed by atoms with Crippen molar-refractivity contribution < 1.29 is 4.74 Å². The Morgan fingerprint density at radius 3 is 2.35 bits per heavy atom. The van der Waals surface area contributed by atoms with Crippen LogP contribution in [0.4, 0.5) is 0 Å². The third-order valence-corrected chi connectivity index (χ3v) is 3.93. The zero-order valence-corrected chi connectivity index (χ0v) is 12.6. The number of ether oxygens (including phenoxy) is 1. The molecule has 0 spiro atoms. The van der Waals surface area contributed by atoms with Crippen LogP contribution in [0.2, 0.25) is 0 Å². The molecule has 0 bridgehead atoms. The molecule has 0 atom stereocenters. The van der Waals surface area contributed by atoms with E-state index in [1.54, 1.807) is 0 Å². The zero-order chi connectivity index (χ0) is 13.8. The normalized spacial score (nSPS) is 10.7. The molecule has 0 aliphatic heterocycles. The summed E-state index contributed by atoms with van der Waals surface area (Å²) < 4.78 is 5.99. The molecule has 3 aromatic carbocycles. The molecule has 0 N–H and O–H groups in total. The minimum atomic E-state index is 0.596. The monoisotopic (exact) mass is 326 g/mol. The molecular weight excluding hydrogens is 312 g/mol. The third kappa shape index (κ3) is 2.70. The van der Waals surface area contributed by atoms with Crippen molar-refractivity contribution in [2.75, 3.05) is 0 Å². The maximum absolute atomic E-state index is 5.99. The fourth-order valence-corrected chi connectivity index (χ4v) is 2.90. The van der Waals surface area contributed by atoms with Gasteiger partial charge in [-0.2, -0.15) is 0 Å². The molecule has 0 fully saturated rings. The Morgan fingerprint density at radius 2 is 1.55 bits per heavy atom. The third-order valence-electron chi connectivity index (χ3n) is 3.37. The highest BCUT2D eigenvalue weighted by Crippen LogP contribution is 2.30. The Labute approximate surface area is 127 Å². The van der Waals surface area contributed by atoms with Crippen molar-refractivity contribution in [3.63, 3.8) is 0 Å². The largest absolute Gasteiger partial charge is 0.489 e. The number of rotatable bonds is 4. The van der Waals surface area contributed by atoms with Crippen LogP contribution in [0, 0.1) is 0 Å². The SMILES string of the molecule is BrCc1c(OCc2ccccc2)ccc2ccccc12. The maximum atomic E-state index is 5.99. The summed E-state index contributed by atoms with van der Waals surface area (Å²) >= 11 is 3.58. The van der Waals surface area contributed by atoms with Gasteiger partial charge in [-0.05, 0) is 22.4 Å². The van der Waals surface area contributed by atoms with Crippen LogP contribution >= 0.6 is 15.9 Å². The van der Waals surface area contributed by atoms with E-state index in [2.05, 4.69) is 64.5 Å². The number of halogens is 1. The van der Waals surface area contributed by atoms with Crippen LogP contribution in [-0.4, -0.2) is 0 Å². The molecule has 0 saturated carbocycles. The second-order valence-electron chi connectivity index (χ2n) is 4.67. The summed E-state index contributed by atoms with van der Waals surface area (Å²) in [6, 6.07) is 22.8. The molecule has 1 nitrogen and oxygen atoms in total. The van der Waals surface area contributed by atoms with Crippen molar-refractivity contribution >= 4 is 26.7 Å². The van der Waals surface area contributed by atoms with E-state index >= 15 is 0 Å². The Kier molecular flexibility index (Phi) is 4.03. The number of benzene rings is 3. The van der Waals surface area contributed by atoms with E-state index in [-0.39, 0.29) is 0 Å². The Hall–Kier alpha value is -1.80. The molecule has 3 rings (SSSR count). The predicted molar refractivity (Wildman–Crippen MR) is 87.4 cm³/mol. The zero-order valence-electron chi connectivity index (χ0n) is 11.1. The van der Waals surface area contributed by atoms with Gasteiger partial charge in [0.25, 0.3) is 0 Å². The van der Waals surface area contributed by atoms with Crippen LogP contribution < -0.4 is 4.74 Å². The van der Waals surface area contributed by atoms with Crippen LogP contribution in [-0.2, 0) is 11.9 Å². The van der Waals surface area contributed by atoms with Gasteiger partial charge in [-0.3, -0.25) is 0 Å². The lowest BCUT2D eigenvalue weighted by molar-refractivity contribution is 0.304. The summed E-state index contributed by atoms with van der Waals surface area (Å²) in [5.74, 6) is 0.949. The highest BCUT2D eigenvalue weighted by molar-refractivity contribution is 9.08. The van der Waals surface area contributed by atoms with Crippen LogP contribution in [0.5, 0.6) is 5.75 Å². The van der Waals surface area contributed by atoms with Gasteiger partial charge in [0, 0.05) is 10.9 Å². The standard InChI is InChI=1S/C18H15BrO/c19-12-17-16-9-5-4-8-15(16)10-11-18(17)20-13-14-6-2-1-3-7-14/h1-11H,12-13H2.